The molecule has 0 amide bonds. The Hall–Kier alpha value is -2.00. The number of nitrogens with two attached hydrogens (primary N) is 1. The summed E-state index contributed by atoms with van der Waals surface area (Å²) in [5.41, 5.74) is 2.53. The number of hydrogen-bond acceptors (Lipinski definition) is 2. The average Bonchev–Trinajstić information content (AvgIpc) is 2.50. The fourth-order valence-corrected chi connectivity index (χ4v) is 2.12. The molecule has 0 unspecified atom stereocenters. The van der Waals surface area contributed by atoms with Gasteiger partial charge in [0.2, 0.25) is 0 Å². The Bertz CT molecular complexity index is 523. The van der Waals surface area contributed by atoms with Gasteiger partial charge in [-0.2, -0.15) is 0 Å². The van der Waals surface area contributed by atoms with E-state index in [1.54, 1.807) is 7.11 Å². The number of para-hydroxylation sites is 1. The Morgan fingerprint density at radius 2 is 1.70 bits per heavy atom. The van der Waals surface area contributed by atoms with Gasteiger partial charge in [0, 0.05) is 11.1 Å². The maximum absolute atomic E-state index is 5.63. The number of ether oxygens (including phenoxy) is 2. The van der Waals surface area contributed by atoms with Gasteiger partial charge in [-0.05, 0) is 43.3 Å². The standard InChI is InChI=1S/C17H21NO2/c1-3-20-17-7-5-4-6-15(17)13-18-12-14-8-10-16(19-2)11-9-14/h4-11,18H,3,12-13H2,1-2H3/p+1. The molecule has 0 aliphatic rings. The molecule has 2 rings (SSSR count). The summed E-state index contributed by atoms with van der Waals surface area (Å²) >= 11 is 0. The van der Waals surface area contributed by atoms with Gasteiger partial charge in [-0.25, -0.2) is 0 Å². The third kappa shape index (κ3) is 4.00. The molecule has 0 aromatic heterocycles. The van der Waals surface area contributed by atoms with Crippen LogP contribution in [0.25, 0.3) is 0 Å². The summed E-state index contributed by atoms with van der Waals surface area (Å²) < 4.78 is 10.8. The molecule has 0 fully saturated rings. The van der Waals surface area contributed by atoms with Crippen LogP contribution in [0.3, 0.4) is 0 Å². The molecular formula is C17H22NO2+. The second kappa shape index (κ2) is 7.56. The minimum absolute atomic E-state index is 0.704. The van der Waals surface area contributed by atoms with Gasteiger partial charge >= 0.3 is 0 Å². The van der Waals surface area contributed by atoms with Crippen LogP contribution >= 0.6 is 0 Å². The molecule has 106 valence electrons. The predicted molar refractivity (Wildman–Crippen MR) is 79.9 cm³/mol. The molecule has 0 aliphatic carbocycles. The summed E-state index contributed by atoms with van der Waals surface area (Å²) in [5, 5.41) is 2.28. The van der Waals surface area contributed by atoms with Crippen LogP contribution in [0.1, 0.15) is 18.1 Å². The van der Waals surface area contributed by atoms with E-state index in [1.165, 1.54) is 11.1 Å². The number of hydrogen-bond donors (Lipinski definition) is 1. The minimum Gasteiger partial charge on any atom is -0.497 e. The van der Waals surface area contributed by atoms with Gasteiger partial charge in [0.05, 0.1) is 13.7 Å². The van der Waals surface area contributed by atoms with Crippen LogP contribution in [-0.2, 0) is 13.1 Å². The molecule has 0 heterocycles. The van der Waals surface area contributed by atoms with Crippen molar-refractivity contribution in [3.8, 4) is 11.5 Å². The fourth-order valence-electron chi connectivity index (χ4n) is 2.12. The molecule has 0 saturated heterocycles. The predicted octanol–water partition coefficient (Wildman–Crippen LogP) is 2.36. The lowest BCUT2D eigenvalue weighted by Gasteiger charge is -2.09. The number of rotatable bonds is 7. The molecule has 0 radical (unpaired) electrons. The first-order chi connectivity index (χ1) is 9.83. The van der Waals surface area contributed by atoms with E-state index in [4.69, 9.17) is 9.47 Å². The van der Waals surface area contributed by atoms with Crippen molar-refractivity contribution in [2.45, 2.75) is 20.0 Å². The van der Waals surface area contributed by atoms with Crippen LogP contribution in [-0.4, -0.2) is 13.7 Å². The zero-order valence-corrected chi connectivity index (χ0v) is 12.1. The van der Waals surface area contributed by atoms with Crippen LogP contribution in [0, 0.1) is 0 Å². The van der Waals surface area contributed by atoms with E-state index in [0.717, 1.165) is 24.6 Å². The van der Waals surface area contributed by atoms with E-state index < -0.39 is 0 Å². The van der Waals surface area contributed by atoms with E-state index in [-0.39, 0.29) is 0 Å². The highest BCUT2D eigenvalue weighted by molar-refractivity contribution is 5.32. The molecule has 0 bridgehead atoms. The summed E-state index contributed by atoms with van der Waals surface area (Å²) in [4.78, 5) is 0. The number of methoxy groups -OCH3 is 1. The molecule has 20 heavy (non-hydrogen) atoms. The molecule has 0 spiro atoms. The fraction of sp³-hybridized carbons (Fsp3) is 0.294. The van der Waals surface area contributed by atoms with Gasteiger partial charge < -0.3 is 14.8 Å². The molecule has 0 aliphatic heterocycles. The molecule has 2 N–H and O–H groups in total. The largest absolute Gasteiger partial charge is 0.497 e. The van der Waals surface area contributed by atoms with Gasteiger partial charge in [0.15, 0.2) is 0 Å². The maximum Gasteiger partial charge on any atom is 0.128 e. The zero-order valence-electron chi connectivity index (χ0n) is 12.1. The average molecular weight is 272 g/mol. The molecule has 2 aromatic rings. The first-order valence-corrected chi connectivity index (χ1v) is 6.98. The van der Waals surface area contributed by atoms with Gasteiger partial charge in [-0.15, -0.1) is 0 Å². The summed E-state index contributed by atoms with van der Waals surface area (Å²) in [6.07, 6.45) is 0. The monoisotopic (exact) mass is 272 g/mol. The molecule has 0 saturated carbocycles. The zero-order chi connectivity index (χ0) is 14.2. The summed E-state index contributed by atoms with van der Waals surface area (Å²) in [6, 6.07) is 16.4. The SMILES string of the molecule is CCOc1ccccc1C[NH2+]Cc1ccc(OC)cc1. The lowest BCUT2D eigenvalue weighted by Crippen LogP contribution is -2.80. The molecule has 2 aromatic carbocycles. The normalized spacial score (nSPS) is 10.3. The van der Waals surface area contributed by atoms with E-state index in [2.05, 4.69) is 29.6 Å². The van der Waals surface area contributed by atoms with E-state index in [9.17, 15) is 0 Å². The maximum atomic E-state index is 5.63. The van der Waals surface area contributed by atoms with Crippen LogP contribution in [0.5, 0.6) is 11.5 Å². The van der Waals surface area contributed by atoms with Crippen LogP contribution in [0.2, 0.25) is 0 Å². The highest BCUT2D eigenvalue weighted by Gasteiger charge is 2.04. The van der Waals surface area contributed by atoms with Gasteiger partial charge in [-0.1, -0.05) is 12.1 Å². The summed E-state index contributed by atoms with van der Waals surface area (Å²) in [6.45, 7) is 4.58. The summed E-state index contributed by atoms with van der Waals surface area (Å²) in [7, 11) is 1.69. The van der Waals surface area contributed by atoms with Crippen molar-refractivity contribution in [3.05, 3.63) is 59.7 Å². The summed E-state index contributed by atoms with van der Waals surface area (Å²) in [5.74, 6) is 1.89. The minimum atomic E-state index is 0.704. The lowest BCUT2D eigenvalue weighted by atomic mass is 10.2. The Labute approximate surface area is 120 Å². The van der Waals surface area contributed by atoms with Crippen molar-refractivity contribution in [3.63, 3.8) is 0 Å². The first kappa shape index (κ1) is 14.4. The Morgan fingerprint density at radius 1 is 0.950 bits per heavy atom. The second-order valence-corrected chi connectivity index (χ2v) is 4.59. The van der Waals surface area contributed by atoms with Crippen molar-refractivity contribution in [2.75, 3.05) is 13.7 Å². The van der Waals surface area contributed by atoms with Crippen molar-refractivity contribution in [1.82, 2.24) is 0 Å². The van der Waals surface area contributed by atoms with Crippen LogP contribution in [0.4, 0.5) is 0 Å². The van der Waals surface area contributed by atoms with Gasteiger partial charge in [0.25, 0.3) is 0 Å². The Morgan fingerprint density at radius 3 is 2.40 bits per heavy atom. The number of benzene rings is 2. The van der Waals surface area contributed by atoms with Gasteiger partial charge in [0.1, 0.15) is 24.6 Å². The van der Waals surface area contributed by atoms with Crippen molar-refractivity contribution < 1.29 is 14.8 Å². The molecular weight excluding hydrogens is 250 g/mol. The van der Waals surface area contributed by atoms with E-state index in [0.29, 0.717) is 6.61 Å². The Kier molecular flexibility index (Phi) is 5.44. The Balaban J connectivity index is 1.89. The smallest absolute Gasteiger partial charge is 0.128 e. The van der Waals surface area contributed by atoms with Crippen LogP contribution in [0.15, 0.2) is 48.5 Å². The quantitative estimate of drug-likeness (QED) is 0.839. The van der Waals surface area contributed by atoms with Crippen molar-refractivity contribution in [2.24, 2.45) is 0 Å². The molecule has 3 nitrogen and oxygen atoms in total. The van der Waals surface area contributed by atoms with Gasteiger partial charge in [-0.3, -0.25) is 0 Å². The highest BCUT2D eigenvalue weighted by atomic mass is 16.5. The van der Waals surface area contributed by atoms with E-state index in [1.807, 2.05) is 31.2 Å². The second-order valence-electron chi connectivity index (χ2n) is 4.59. The van der Waals surface area contributed by atoms with E-state index >= 15 is 0 Å². The lowest BCUT2D eigenvalue weighted by molar-refractivity contribution is -0.686. The third-order valence-electron chi connectivity index (χ3n) is 3.18. The van der Waals surface area contributed by atoms with Crippen molar-refractivity contribution in [1.29, 1.82) is 0 Å². The van der Waals surface area contributed by atoms with Crippen molar-refractivity contribution >= 4 is 0 Å². The number of quaternary nitrogens is 1. The van der Waals surface area contributed by atoms with Crippen LogP contribution < -0.4 is 14.8 Å². The molecule has 0 atom stereocenters. The topological polar surface area (TPSA) is 35.1 Å². The third-order valence-corrected chi connectivity index (χ3v) is 3.18. The first-order valence-electron chi connectivity index (χ1n) is 6.98. The molecule has 3 heteroatoms. The highest BCUT2D eigenvalue weighted by Crippen LogP contribution is 2.16.